The molecule has 3 aromatic rings. The summed E-state index contributed by atoms with van der Waals surface area (Å²) in [6.45, 7) is 3.08. The van der Waals surface area contributed by atoms with Crippen molar-refractivity contribution < 1.29 is 4.42 Å². The number of furan rings is 1. The highest BCUT2D eigenvalue weighted by Crippen LogP contribution is 2.40. The Morgan fingerprint density at radius 2 is 1.96 bits per heavy atom. The van der Waals surface area contributed by atoms with Gasteiger partial charge >= 0.3 is 0 Å². The Bertz CT molecular complexity index is 942. The predicted octanol–water partition coefficient (Wildman–Crippen LogP) is 5.88. The van der Waals surface area contributed by atoms with E-state index in [4.69, 9.17) is 16.6 Å². The van der Waals surface area contributed by atoms with Gasteiger partial charge in [-0.15, -0.1) is 0 Å². The first-order valence-electron chi connectivity index (χ1n) is 9.51. The lowest BCUT2D eigenvalue weighted by Crippen LogP contribution is -2.30. The Hall–Kier alpha value is -2.18. The van der Waals surface area contributed by atoms with Crippen molar-refractivity contribution in [2.45, 2.75) is 31.8 Å². The van der Waals surface area contributed by atoms with Crippen LogP contribution in [0, 0.1) is 0 Å². The Labute approximate surface area is 179 Å². The highest BCUT2D eigenvalue weighted by molar-refractivity contribution is 9.10. The van der Waals surface area contributed by atoms with E-state index in [-0.39, 0.29) is 12.1 Å². The molecule has 144 valence electrons. The highest BCUT2D eigenvalue weighted by Gasteiger charge is 2.41. The molecular formula is C22H22BrN3OS. The SMILES string of the molecule is CCCCN1C(=S)N[C@H](c2ccccn2)[C@@H]1c1ccc(-c2ccc(Br)cc2)o1. The second-order valence-electron chi connectivity index (χ2n) is 6.88. The molecular weight excluding hydrogens is 434 g/mol. The van der Waals surface area contributed by atoms with Crippen LogP contribution in [0.1, 0.15) is 43.3 Å². The van der Waals surface area contributed by atoms with E-state index in [9.17, 15) is 0 Å². The van der Waals surface area contributed by atoms with Crippen LogP contribution in [-0.4, -0.2) is 21.5 Å². The Morgan fingerprint density at radius 1 is 1.14 bits per heavy atom. The van der Waals surface area contributed by atoms with Gasteiger partial charge in [-0.3, -0.25) is 4.98 Å². The number of hydrogen-bond acceptors (Lipinski definition) is 3. The first kappa shape index (κ1) is 19.2. The number of unbranched alkanes of at least 4 members (excludes halogenated alkanes) is 1. The summed E-state index contributed by atoms with van der Waals surface area (Å²) in [6.07, 6.45) is 4.01. The van der Waals surface area contributed by atoms with Crippen LogP contribution >= 0.6 is 28.1 Å². The van der Waals surface area contributed by atoms with E-state index in [1.54, 1.807) is 0 Å². The quantitative estimate of drug-likeness (QED) is 0.470. The van der Waals surface area contributed by atoms with Crippen LogP contribution in [0.4, 0.5) is 0 Å². The number of halogens is 1. The molecule has 0 unspecified atom stereocenters. The molecule has 2 aromatic heterocycles. The molecule has 0 amide bonds. The molecule has 2 atom stereocenters. The third kappa shape index (κ3) is 3.84. The first-order chi connectivity index (χ1) is 13.7. The van der Waals surface area contributed by atoms with Gasteiger partial charge in [0.15, 0.2) is 5.11 Å². The molecule has 0 radical (unpaired) electrons. The van der Waals surface area contributed by atoms with E-state index in [0.717, 1.165) is 51.7 Å². The Balaban J connectivity index is 1.70. The summed E-state index contributed by atoms with van der Waals surface area (Å²) < 4.78 is 7.37. The number of benzene rings is 1. The lowest BCUT2D eigenvalue weighted by molar-refractivity contribution is 0.271. The summed E-state index contributed by atoms with van der Waals surface area (Å²) in [6, 6.07) is 18.2. The summed E-state index contributed by atoms with van der Waals surface area (Å²) >= 11 is 9.15. The largest absolute Gasteiger partial charge is 0.459 e. The molecule has 0 bridgehead atoms. The lowest BCUT2D eigenvalue weighted by atomic mass is 10.0. The van der Waals surface area contributed by atoms with E-state index in [0.29, 0.717) is 0 Å². The van der Waals surface area contributed by atoms with Crippen molar-refractivity contribution in [2.75, 3.05) is 6.54 Å². The molecule has 6 heteroatoms. The number of rotatable bonds is 6. The van der Waals surface area contributed by atoms with Crippen LogP contribution in [0.25, 0.3) is 11.3 Å². The van der Waals surface area contributed by atoms with E-state index in [2.05, 4.69) is 56.3 Å². The van der Waals surface area contributed by atoms with Crippen LogP contribution in [-0.2, 0) is 0 Å². The molecule has 4 nitrogen and oxygen atoms in total. The lowest BCUT2D eigenvalue weighted by Gasteiger charge is -2.25. The summed E-state index contributed by atoms with van der Waals surface area (Å²) in [7, 11) is 0. The topological polar surface area (TPSA) is 41.3 Å². The van der Waals surface area contributed by atoms with E-state index in [1.807, 2.05) is 42.6 Å². The van der Waals surface area contributed by atoms with Crippen molar-refractivity contribution in [1.29, 1.82) is 0 Å². The summed E-state index contributed by atoms with van der Waals surface area (Å²) in [5, 5.41) is 4.22. The van der Waals surface area contributed by atoms with Gasteiger partial charge in [0.2, 0.25) is 0 Å². The van der Waals surface area contributed by atoms with Gasteiger partial charge in [-0.05, 0) is 55.0 Å². The molecule has 1 aliphatic rings. The van der Waals surface area contributed by atoms with Crippen LogP contribution in [0.5, 0.6) is 0 Å². The summed E-state index contributed by atoms with van der Waals surface area (Å²) in [5.74, 6) is 1.76. The molecule has 0 spiro atoms. The van der Waals surface area contributed by atoms with E-state index in [1.165, 1.54) is 0 Å². The zero-order chi connectivity index (χ0) is 19.5. The number of pyridine rings is 1. The molecule has 1 aromatic carbocycles. The minimum Gasteiger partial charge on any atom is -0.459 e. The molecule has 0 aliphatic carbocycles. The zero-order valence-electron chi connectivity index (χ0n) is 15.6. The monoisotopic (exact) mass is 455 g/mol. The molecule has 1 N–H and O–H groups in total. The van der Waals surface area contributed by atoms with Gasteiger partial charge in [0.05, 0.1) is 11.7 Å². The maximum atomic E-state index is 6.32. The van der Waals surface area contributed by atoms with Gasteiger partial charge in [-0.1, -0.05) is 47.5 Å². The smallest absolute Gasteiger partial charge is 0.170 e. The molecule has 3 heterocycles. The fraction of sp³-hybridized carbons (Fsp3) is 0.273. The average molecular weight is 456 g/mol. The molecule has 1 aliphatic heterocycles. The van der Waals surface area contributed by atoms with Crippen molar-refractivity contribution >= 4 is 33.3 Å². The second-order valence-corrected chi connectivity index (χ2v) is 8.18. The van der Waals surface area contributed by atoms with Crippen molar-refractivity contribution in [2.24, 2.45) is 0 Å². The van der Waals surface area contributed by atoms with Gasteiger partial charge in [0.25, 0.3) is 0 Å². The Kier molecular flexibility index (Phi) is 5.78. The van der Waals surface area contributed by atoms with E-state index >= 15 is 0 Å². The number of nitrogens with zero attached hydrogens (tertiary/aromatic N) is 2. The van der Waals surface area contributed by atoms with Crippen molar-refractivity contribution in [3.8, 4) is 11.3 Å². The van der Waals surface area contributed by atoms with Gasteiger partial charge < -0.3 is 14.6 Å². The van der Waals surface area contributed by atoms with Gasteiger partial charge in [-0.25, -0.2) is 0 Å². The van der Waals surface area contributed by atoms with Crippen LogP contribution in [0.15, 0.2) is 69.7 Å². The predicted molar refractivity (Wildman–Crippen MR) is 119 cm³/mol. The minimum absolute atomic E-state index is 0.0156. The molecule has 1 fully saturated rings. The third-order valence-electron chi connectivity index (χ3n) is 5.00. The van der Waals surface area contributed by atoms with Crippen LogP contribution in [0.3, 0.4) is 0 Å². The maximum absolute atomic E-state index is 6.32. The van der Waals surface area contributed by atoms with Gasteiger partial charge in [0.1, 0.15) is 17.6 Å². The number of nitrogens with one attached hydrogen (secondary N) is 1. The van der Waals surface area contributed by atoms with Crippen LogP contribution in [0.2, 0.25) is 0 Å². The molecule has 28 heavy (non-hydrogen) atoms. The fourth-order valence-corrected chi connectivity index (χ4v) is 4.16. The van der Waals surface area contributed by atoms with Crippen molar-refractivity contribution in [1.82, 2.24) is 15.2 Å². The third-order valence-corrected chi connectivity index (χ3v) is 5.88. The van der Waals surface area contributed by atoms with E-state index < -0.39 is 0 Å². The second kappa shape index (κ2) is 8.45. The number of aromatic nitrogens is 1. The summed E-state index contributed by atoms with van der Waals surface area (Å²) in [5.41, 5.74) is 2.02. The zero-order valence-corrected chi connectivity index (χ0v) is 18.0. The number of thiocarbonyl (C=S) groups is 1. The average Bonchev–Trinajstić information content (AvgIpc) is 3.32. The standard InChI is InChI=1S/C22H22BrN3OS/c1-2-3-14-26-21(20(25-22(26)28)17-6-4-5-13-24-17)19-12-11-18(27-19)15-7-9-16(23)10-8-15/h4-13,20-21H,2-3,14H2,1H3,(H,25,28)/t20-,21+/m1/s1. The minimum atomic E-state index is -0.0329. The molecule has 0 saturated carbocycles. The van der Waals surface area contributed by atoms with Crippen molar-refractivity contribution in [3.63, 3.8) is 0 Å². The Morgan fingerprint density at radius 3 is 2.68 bits per heavy atom. The van der Waals surface area contributed by atoms with Gasteiger partial charge in [-0.2, -0.15) is 0 Å². The highest BCUT2D eigenvalue weighted by atomic mass is 79.9. The first-order valence-corrected chi connectivity index (χ1v) is 10.7. The summed E-state index contributed by atoms with van der Waals surface area (Å²) in [4.78, 5) is 6.80. The van der Waals surface area contributed by atoms with Crippen LogP contribution < -0.4 is 5.32 Å². The fourth-order valence-electron chi connectivity index (χ4n) is 3.56. The molecule has 4 rings (SSSR count). The van der Waals surface area contributed by atoms with Gasteiger partial charge in [0, 0.05) is 22.8 Å². The van der Waals surface area contributed by atoms with Crippen molar-refractivity contribution in [3.05, 3.63) is 76.7 Å². The maximum Gasteiger partial charge on any atom is 0.170 e. The normalized spacial score (nSPS) is 19.1. The molecule has 1 saturated heterocycles. The number of hydrogen-bond donors (Lipinski definition) is 1.